The van der Waals surface area contributed by atoms with Crippen LogP contribution in [-0.4, -0.2) is 41.2 Å². The summed E-state index contributed by atoms with van der Waals surface area (Å²) in [5, 5.41) is 2.59. The first-order chi connectivity index (χ1) is 17.4. The minimum Gasteiger partial charge on any atom is -0.459 e. The number of halogens is 3. The quantitative estimate of drug-likeness (QED) is 0.461. The molecule has 3 N–H and O–H groups in total. The molecule has 2 rings (SSSR count). The number of carbonyl (C=O) groups is 3. The maximum absolute atomic E-state index is 12.7. The number of benzene rings is 2. The van der Waals surface area contributed by atoms with Crippen molar-refractivity contribution < 1.29 is 41.8 Å². The van der Waals surface area contributed by atoms with Crippen LogP contribution in [0.25, 0.3) is 0 Å². The zero-order chi connectivity index (χ0) is 28.9. The van der Waals surface area contributed by atoms with Crippen molar-refractivity contribution in [3.05, 3.63) is 65.2 Å². The Morgan fingerprint density at radius 1 is 0.816 bits per heavy atom. The van der Waals surface area contributed by atoms with Gasteiger partial charge in [0.15, 0.2) is 6.10 Å². The number of nitrogens with two attached hydrogens (primary N) is 1. The van der Waals surface area contributed by atoms with Crippen LogP contribution in [-0.2, 0) is 36.6 Å². The lowest BCUT2D eigenvalue weighted by Gasteiger charge is -2.28. The second-order valence-electron chi connectivity index (χ2n) is 10.6. The second-order valence-corrected chi connectivity index (χ2v) is 10.6. The number of amides is 1. The zero-order valence-corrected chi connectivity index (χ0v) is 22.1. The van der Waals surface area contributed by atoms with Crippen LogP contribution in [0.5, 0.6) is 0 Å². The molecule has 0 aliphatic heterocycles. The van der Waals surface area contributed by atoms with Crippen LogP contribution in [0, 0.1) is 0 Å². The number of ether oxygens (including phenoxy) is 3. The Bertz CT molecular complexity index is 1120. The van der Waals surface area contributed by atoms with E-state index in [1.807, 2.05) is 0 Å². The van der Waals surface area contributed by atoms with Crippen molar-refractivity contribution in [3.8, 4) is 0 Å². The van der Waals surface area contributed by atoms with Gasteiger partial charge in [-0.3, -0.25) is 9.59 Å². The zero-order valence-electron chi connectivity index (χ0n) is 22.1. The van der Waals surface area contributed by atoms with E-state index < -0.39 is 52.9 Å². The molecular formula is C27H33F3N2O6. The summed E-state index contributed by atoms with van der Waals surface area (Å²) in [7, 11) is 0. The van der Waals surface area contributed by atoms with Crippen LogP contribution in [0.4, 0.5) is 18.9 Å². The minimum absolute atomic E-state index is 0.0572. The van der Waals surface area contributed by atoms with E-state index in [0.717, 1.165) is 24.3 Å². The SMILES string of the molecule is CC(C)(C)OC(=O)[C@@H](N)[C@H](OCc1ccc(NC(=O)c2ccc(C(F)(F)F)cc2)cc1)C(=O)OC(C)(C)C. The van der Waals surface area contributed by atoms with E-state index in [-0.39, 0.29) is 12.2 Å². The van der Waals surface area contributed by atoms with E-state index in [2.05, 4.69) is 5.32 Å². The molecule has 0 aromatic heterocycles. The number of hydrogen-bond donors (Lipinski definition) is 2. The lowest BCUT2D eigenvalue weighted by atomic mass is 10.1. The van der Waals surface area contributed by atoms with Gasteiger partial charge in [0.1, 0.15) is 17.2 Å². The molecule has 0 aliphatic carbocycles. The molecule has 0 bridgehead atoms. The van der Waals surface area contributed by atoms with Crippen LogP contribution in [0.1, 0.15) is 63.0 Å². The first-order valence-corrected chi connectivity index (χ1v) is 11.8. The third-order valence-electron chi connectivity index (χ3n) is 4.76. The second kappa shape index (κ2) is 12.0. The van der Waals surface area contributed by atoms with Crippen molar-refractivity contribution in [1.29, 1.82) is 0 Å². The van der Waals surface area contributed by atoms with Gasteiger partial charge in [0.2, 0.25) is 0 Å². The number of nitrogens with one attached hydrogen (secondary N) is 1. The van der Waals surface area contributed by atoms with Crippen LogP contribution in [0.2, 0.25) is 0 Å². The van der Waals surface area contributed by atoms with Crippen molar-refractivity contribution in [2.24, 2.45) is 5.73 Å². The predicted octanol–water partition coefficient (Wildman–Crippen LogP) is 4.85. The molecule has 208 valence electrons. The highest BCUT2D eigenvalue weighted by molar-refractivity contribution is 6.04. The first kappa shape index (κ1) is 30.8. The topological polar surface area (TPSA) is 117 Å². The maximum Gasteiger partial charge on any atom is 0.416 e. The average Bonchev–Trinajstić information content (AvgIpc) is 2.77. The van der Waals surface area contributed by atoms with Crippen molar-refractivity contribution in [2.75, 3.05) is 5.32 Å². The van der Waals surface area contributed by atoms with E-state index in [0.29, 0.717) is 11.3 Å². The molecule has 0 radical (unpaired) electrons. The Hall–Kier alpha value is -3.44. The van der Waals surface area contributed by atoms with Crippen LogP contribution < -0.4 is 11.1 Å². The molecule has 0 heterocycles. The third-order valence-corrected chi connectivity index (χ3v) is 4.76. The van der Waals surface area contributed by atoms with E-state index in [4.69, 9.17) is 19.9 Å². The van der Waals surface area contributed by atoms with E-state index in [1.165, 1.54) is 0 Å². The van der Waals surface area contributed by atoms with Gasteiger partial charge in [-0.1, -0.05) is 12.1 Å². The molecule has 0 saturated carbocycles. The highest BCUT2D eigenvalue weighted by atomic mass is 19.4. The van der Waals surface area contributed by atoms with Gasteiger partial charge in [-0.2, -0.15) is 13.2 Å². The monoisotopic (exact) mass is 538 g/mol. The van der Waals surface area contributed by atoms with Crippen molar-refractivity contribution in [1.82, 2.24) is 0 Å². The number of anilines is 1. The molecule has 2 aromatic rings. The molecule has 2 aromatic carbocycles. The van der Waals surface area contributed by atoms with E-state index in [9.17, 15) is 27.6 Å². The molecule has 11 heteroatoms. The molecule has 2 atom stereocenters. The van der Waals surface area contributed by atoms with E-state index in [1.54, 1.807) is 65.8 Å². The largest absolute Gasteiger partial charge is 0.459 e. The number of esters is 2. The summed E-state index contributed by atoms with van der Waals surface area (Å²) < 4.78 is 54.5. The summed E-state index contributed by atoms with van der Waals surface area (Å²) in [6.07, 6.45) is -5.94. The third kappa shape index (κ3) is 9.79. The summed E-state index contributed by atoms with van der Waals surface area (Å²) in [6, 6.07) is 8.72. The van der Waals surface area contributed by atoms with Crippen LogP contribution in [0.3, 0.4) is 0 Å². The van der Waals surface area contributed by atoms with Crippen LogP contribution >= 0.6 is 0 Å². The Kier molecular flexibility index (Phi) is 9.68. The Morgan fingerprint density at radius 2 is 1.32 bits per heavy atom. The average molecular weight is 539 g/mol. The Labute approximate surface area is 219 Å². The number of alkyl halides is 3. The smallest absolute Gasteiger partial charge is 0.416 e. The highest BCUT2D eigenvalue weighted by Gasteiger charge is 2.37. The fourth-order valence-electron chi connectivity index (χ4n) is 3.06. The van der Waals surface area contributed by atoms with Crippen molar-refractivity contribution >= 4 is 23.5 Å². The standard InChI is InChI=1S/C27H33F3N2O6/c1-25(2,3)37-23(34)20(31)21(24(35)38-26(4,5)6)36-15-16-7-13-19(14-8-16)32-22(33)17-9-11-18(12-10-17)27(28,29)30/h7-14,20-21H,15,31H2,1-6H3,(H,32,33)/t20-,21-/m0/s1. The summed E-state index contributed by atoms with van der Waals surface area (Å²) in [4.78, 5) is 37.6. The molecule has 0 unspecified atom stereocenters. The summed E-state index contributed by atoms with van der Waals surface area (Å²) >= 11 is 0. The van der Waals surface area contributed by atoms with Crippen molar-refractivity contribution in [2.45, 2.75) is 77.7 Å². The molecule has 0 aliphatic rings. The molecule has 0 saturated heterocycles. The maximum atomic E-state index is 12.7. The van der Waals surface area contributed by atoms with Gasteiger partial charge in [0.25, 0.3) is 5.91 Å². The van der Waals surface area contributed by atoms with Gasteiger partial charge in [-0.25, -0.2) is 4.79 Å². The summed E-state index contributed by atoms with van der Waals surface area (Å²) in [6.45, 7) is 9.88. The lowest BCUT2D eigenvalue weighted by Crippen LogP contribution is -2.51. The Balaban J connectivity index is 2.07. The number of carbonyl (C=O) groups excluding carboxylic acids is 3. The predicted molar refractivity (Wildman–Crippen MR) is 134 cm³/mol. The van der Waals surface area contributed by atoms with E-state index >= 15 is 0 Å². The fraction of sp³-hybridized carbons (Fsp3) is 0.444. The fourth-order valence-corrected chi connectivity index (χ4v) is 3.06. The number of hydrogen-bond acceptors (Lipinski definition) is 7. The minimum atomic E-state index is -4.49. The summed E-state index contributed by atoms with van der Waals surface area (Å²) in [5.41, 5.74) is 4.51. The molecule has 1 amide bonds. The van der Waals surface area contributed by atoms with Gasteiger partial charge < -0.3 is 25.3 Å². The summed E-state index contributed by atoms with van der Waals surface area (Å²) in [5.74, 6) is -2.23. The first-order valence-electron chi connectivity index (χ1n) is 11.8. The molecule has 38 heavy (non-hydrogen) atoms. The van der Waals surface area contributed by atoms with Gasteiger partial charge in [-0.05, 0) is 83.5 Å². The van der Waals surface area contributed by atoms with Gasteiger partial charge in [0.05, 0.1) is 12.2 Å². The normalized spacial score (nSPS) is 13.8. The molecular weight excluding hydrogens is 505 g/mol. The van der Waals surface area contributed by atoms with Gasteiger partial charge >= 0.3 is 18.1 Å². The van der Waals surface area contributed by atoms with Gasteiger partial charge in [-0.15, -0.1) is 0 Å². The lowest BCUT2D eigenvalue weighted by molar-refractivity contribution is -0.179. The number of rotatable bonds is 8. The van der Waals surface area contributed by atoms with Crippen molar-refractivity contribution in [3.63, 3.8) is 0 Å². The molecule has 0 fully saturated rings. The molecule has 8 nitrogen and oxygen atoms in total. The van der Waals surface area contributed by atoms with Crippen LogP contribution in [0.15, 0.2) is 48.5 Å². The Morgan fingerprint density at radius 3 is 1.79 bits per heavy atom. The molecule has 0 spiro atoms. The highest BCUT2D eigenvalue weighted by Crippen LogP contribution is 2.29. The van der Waals surface area contributed by atoms with Gasteiger partial charge in [0, 0.05) is 11.3 Å².